The van der Waals surface area contributed by atoms with E-state index in [4.69, 9.17) is 0 Å². The van der Waals surface area contributed by atoms with Gasteiger partial charge in [-0.25, -0.2) is 8.42 Å². The number of hydrogen-bond donors (Lipinski definition) is 3. The van der Waals surface area contributed by atoms with Gasteiger partial charge in [0.2, 0.25) is 10.0 Å². The van der Waals surface area contributed by atoms with E-state index in [1.54, 1.807) is 37.3 Å². The summed E-state index contributed by atoms with van der Waals surface area (Å²) in [6, 6.07) is 10.2. The molecule has 3 N–H and O–H groups in total. The highest BCUT2D eigenvalue weighted by atomic mass is 32.2. The quantitative estimate of drug-likeness (QED) is 0.659. The Balaban J connectivity index is 2.28. The molecule has 0 fully saturated rings. The van der Waals surface area contributed by atoms with E-state index < -0.39 is 29.3 Å². The van der Waals surface area contributed by atoms with Gasteiger partial charge >= 0.3 is 7.60 Å². The number of rotatable bonds is 6. The molecule has 1 heterocycles. The van der Waals surface area contributed by atoms with Gasteiger partial charge in [-0.3, -0.25) is 4.57 Å². The molecule has 24 heavy (non-hydrogen) atoms. The van der Waals surface area contributed by atoms with Crippen molar-refractivity contribution in [3.8, 4) is 10.4 Å². The number of thiophene rings is 1. The van der Waals surface area contributed by atoms with Crippen molar-refractivity contribution in [3.63, 3.8) is 0 Å². The minimum atomic E-state index is -4.59. The first kappa shape index (κ1) is 19.3. The summed E-state index contributed by atoms with van der Waals surface area (Å²) in [7, 11) is -8.61. The number of sulfonamides is 1. The predicted molar refractivity (Wildman–Crippen MR) is 95.5 cm³/mol. The van der Waals surface area contributed by atoms with Gasteiger partial charge in [-0.1, -0.05) is 26.0 Å². The lowest BCUT2D eigenvalue weighted by Gasteiger charge is -2.23. The minimum absolute atomic E-state index is 0.0290. The van der Waals surface area contributed by atoms with Gasteiger partial charge < -0.3 is 9.79 Å². The van der Waals surface area contributed by atoms with Crippen LogP contribution < -0.4 is 4.72 Å². The fourth-order valence-corrected chi connectivity index (χ4v) is 6.04. The fraction of sp³-hybridized carbons (Fsp3) is 0.333. The van der Waals surface area contributed by atoms with Crippen LogP contribution in [0, 0.1) is 12.8 Å². The smallest absolute Gasteiger partial charge is 0.323 e. The molecule has 0 aliphatic heterocycles. The molecule has 9 heteroatoms. The van der Waals surface area contributed by atoms with Gasteiger partial charge in [-0.2, -0.15) is 4.72 Å². The number of aryl methyl sites for hydroxylation is 1. The van der Waals surface area contributed by atoms with Crippen molar-refractivity contribution in [3.05, 3.63) is 41.3 Å². The van der Waals surface area contributed by atoms with E-state index in [2.05, 4.69) is 4.72 Å². The minimum Gasteiger partial charge on any atom is -0.323 e. The zero-order valence-electron chi connectivity index (χ0n) is 13.5. The van der Waals surface area contributed by atoms with Crippen molar-refractivity contribution < 1.29 is 22.8 Å². The van der Waals surface area contributed by atoms with Crippen LogP contribution in [0.1, 0.15) is 18.7 Å². The van der Waals surface area contributed by atoms with Gasteiger partial charge in [0.05, 0.1) is 4.90 Å². The van der Waals surface area contributed by atoms with E-state index >= 15 is 0 Å². The maximum absolute atomic E-state index is 12.4. The van der Waals surface area contributed by atoms with E-state index in [-0.39, 0.29) is 4.90 Å². The Kier molecular flexibility index (Phi) is 5.69. The van der Waals surface area contributed by atoms with Gasteiger partial charge in [0.15, 0.2) is 0 Å². The van der Waals surface area contributed by atoms with Crippen molar-refractivity contribution in [2.75, 3.05) is 0 Å². The third-order valence-electron chi connectivity index (χ3n) is 3.46. The Morgan fingerprint density at radius 3 is 2.08 bits per heavy atom. The van der Waals surface area contributed by atoms with Gasteiger partial charge in [0, 0.05) is 9.75 Å². The van der Waals surface area contributed by atoms with Crippen molar-refractivity contribution in [2.45, 2.75) is 31.4 Å². The average molecular weight is 389 g/mol. The molecule has 132 valence electrons. The van der Waals surface area contributed by atoms with Crippen LogP contribution in [-0.4, -0.2) is 24.0 Å². The molecule has 1 atom stereocenters. The van der Waals surface area contributed by atoms with Crippen molar-refractivity contribution in [1.82, 2.24) is 4.72 Å². The molecule has 0 aliphatic rings. The van der Waals surface area contributed by atoms with Crippen LogP contribution in [0.5, 0.6) is 0 Å². The van der Waals surface area contributed by atoms with E-state index in [9.17, 15) is 22.8 Å². The second-order valence-corrected chi connectivity index (χ2v) is 10.6. The van der Waals surface area contributed by atoms with Crippen LogP contribution in [-0.2, 0) is 14.6 Å². The number of hydrogen-bond acceptors (Lipinski definition) is 4. The van der Waals surface area contributed by atoms with Gasteiger partial charge in [0.1, 0.15) is 5.78 Å². The third kappa shape index (κ3) is 4.53. The van der Waals surface area contributed by atoms with Crippen LogP contribution in [0.3, 0.4) is 0 Å². The molecule has 0 spiro atoms. The summed E-state index contributed by atoms with van der Waals surface area (Å²) in [4.78, 5) is 20.8. The molecule has 6 nitrogen and oxygen atoms in total. The van der Waals surface area contributed by atoms with Crippen molar-refractivity contribution in [1.29, 1.82) is 0 Å². The first-order chi connectivity index (χ1) is 11.0. The van der Waals surface area contributed by atoms with Crippen LogP contribution in [0.15, 0.2) is 41.3 Å². The lowest BCUT2D eigenvalue weighted by Crippen LogP contribution is -2.38. The van der Waals surface area contributed by atoms with Gasteiger partial charge in [0.25, 0.3) is 0 Å². The predicted octanol–water partition coefficient (Wildman–Crippen LogP) is 3.16. The largest absolute Gasteiger partial charge is 0.343 e. The first-order valence-corrected chi connectivity index (χ1v) is 11.2. The molecular weight excluding hydrogens is 369 g/mol. The molecule has 0 amide bonds. The summed E-state index contributed by atoms with van der Waals surface area (Å²) in [5.41, 5.74) is 0.891. The maximum Gasteiger partial charge on any atom is 0.343 e. The van der Waals surface area contributed by atoms with E-state index in [0.717, 1.165) is 15.3 Å². The van der Waals surface area contributed by atoms with Crippen molar-refractivity contribution >= 4 is 29.0 Å². The summed E-state index contributed by atoms with van der Waals surface area (Å²) in [6.07, 6.45) is 0. The SMILES string of the molecule is Cc1ccc(-c2ccc(S(=O)(=O)NC(C(C)C)P(=O)(O)O)cc2)s1. The van der Waals surface area contributed by atoms with Crippen LogP contribution in [0.25, 0.3) is 10.4 Å². The lowest BCUT2D eigenvalue weighted by molar-refractivity contribution is 0.336. The summed E-state index contributed by atoms with van der Waals surface area (Å²) in [5, 5.41) is 0. The highest BCUT2D eigenvalue weighted by Crippen LogP contribution is 2.43. The second-order valence-electron chi connectivity index (χ2n) is 5.83. The standard InChI is InChI=1S/C15H20NO5PS2/c1-10(2)15(22(17,18)19)16-24(20,21)13-7-5-12(6-8-13)14-9-4-11(3)23-14/h4-10,15-16H,1-3H3,(H2,17,18,19). The van der Waals surface area contributed by atoms with E-state index in [1.165, 1.54) is 12.1 Å². The van der Waals surface area contributed by atoms with E-state index in [0.29, 0.717) is 0 Å². The molecule has 0 bridgehead atoms. The monoisotopic (exact) mass is 389 g/mol. The normalized spacial score (nSPS) is 14.1. The fourth-order valence-electron chi connectivity index (χ4n) is 2.21. The van der Waals surface area contributed by atoms with Gasteiger partial charge in [-0.15, -0.1) is 11.3 Å². The number of nitrogens with one attached hydrogen (secondary N) is 1. The highest BCUT2D eigenvalue weighted by molar-refractivity contribution is 7.89. The van der Waals surface area contributed by atoms with Crippen LogP contribution >= 0.6 is 18.9 Å². The average Bonchev–Trinajstić information content (AvgIpc) is 2.90. The molecular formula is C15H20NO5PS2. The Labute approximate surface area is 145 Å². The molecule has 0 radical (unpaired) electrons. The number of benzene rings is 1. The molecule has 2 rings (SSSR count). The third-order valence-corrected chi connectivity index (χ3v) is 7.59. The Morgan fingerprint density at radius 2 is 1.67 bits per heavy atom. The summed E-state index contributed by atoms with van der Waals surface area (Å²) >= 11 is 1.60. The maximum atomic E-state index is 12.4. The summed E-state index contributed by atoms with van der Waals surface area (Å²) in [5.74, 6) is -2.00. The van der Waals surface area contributed by atoms with Gasteiger partial charge in [-0.05, 0) is 42.7 Å². The van der Waals surface area contributed by atoms with Crippen LogP contribution in [0.2, 0.25) is 0 Å². The molecule has 1 aromatic carbocycles. The Hall–Kier alpha value is -1.02. The topological polar surface area (TPSA) is 104 Å². The second kappa shape index (κ2) is 7.07. The molecule has 2 aromatic rings. The highest BCUT2D eigenvalue weighted by Gasteiger charge is 2.35. The van der Waals surface area contributed by atoms with Crippen LogP contribution in [0.4, 0.5) is 0 Å². The zero-order chi connectivity index (χ0) is 18.1. The molecule has 0 saturated heterocycles. The molecule has 0 aliphatic carbocycles. The zero-order valence-corrected chi connectivity index (χ0v) is 16.0. The molecule has 1 aromatic heterocycles. The lowest BCUT2D eigenvalue weighted by atomic mass is 10.2. The molecule has 1 unspecified atom stereocenters. The Morgan fingerprint density at radius 1 is 1.08 bits per heavy atom. The first-order valence-electron chi connectivity index (χ1n) is 7.25. The van der Waals surface area contributed by atoms with E-state index in [1.807, 2.05) is 19.1 Å². The molecule has 0 saturated carbocycles. The summed E-state index contributed by atoms with van der Waals surface area (Å²) in [6.45, 7) is 5.09. The van der Waals surface area contributed by atoms with Crippen molar-refractivity contribution in [2.24, 2.45) is 5.92 Å². The Bertz CT molecular complexity index is 852. The summed E-state index contributed by atoms with van der Waals surface area (Å²) < 4.78 is 38.4.